The Labute approximate surface area is 117 Å². The van der Waals surface area contributed by atoms with E-state index in [1.54, 1.807) is 20.0 Å². The maximum atomic E-state index is 11.4. The number of rotatable bonds is 4. The van der Waals surface area contributed by atoms with E-state index < -0.39 is 10.0 Å². The predicted octanol–water partition coefficient (Wildman–Crippen LogP) is 0.849. The van der Waals surface area contributed by atoms with E-state index in [1.807, 2.05) is 11.0 Å². The van der Waals surface area contributed by atoms with Crippen LogP contribution in [0, 0.1) is 6.92 Å². The number of anilines is 2. The first-order valence-electron chi connectivity index (χ1n) is 5.82. The third-order valence-electron chi connectivity index (χ3n) is 2.76. The molecule has 7 nitrogen and oxygen atoms in total. The van der Waals surface area contributed by atoms with Gasteiger partial charge in [0.2, 0.25) is 10.0 Å². The first kappa shape index (κ1) is 14.4. The van der Waals surface area contributed by atoms with Crippen molar-refractivity contribution in [3.8, 4) is 0 Å². The molecule has 2 aromatic rings. The van der Waals surface area contributed by atoms with E-state index in [1.165, 1.54) is 12.1 Å². The van der Waals surface area contributed by atoms with Crippen LogP contribution in [0.3, 0.4) is 0 Å². The van der Waals surface area contributed by atoms with Crippen LogP contribution in [0.1, 0.15) is 11.5 Å². The molecule has 0 amide bonds. The lowest BCUT2D eigenvalue weighted by atomic mass is 10.2. The van der Waals surface area contributed by atoms with Crippen molar-refractivity contribution in [3.05, 3.63) is 35.7 Å². The Balaban J connectivity index is 2.30. The van der Waals surface area contributed by atoms with Gasteiger partial charge < -0.3 is 15.2 Å². The highest BCUT2D eigenvalue weighted by molar-refractivity contribution is 7.89. The molecule has 1 aromatic heterocycles. The molecule has 0 aliphatic heterocycles. The molecule has 0 saturated heterocycles. The van der Waals surface area contributed by atoms with Crippen LogP contribution in [0.5, 0.6) is 0 Å². The van der Waals surface area contributed by atoms with Crippen molar-refractivity contribution in [3.63, 3.8) is 0 Å². The van der Waals surface area contributed by atoms with Gasteiger partial charge in [0.05, 0.1) is 11.4 Å². The molecule has 1 heterocycles. The van der Waals surface area contributed by atoms with Gasteiger partial charge in [-0.3, -0.25) is 0 Å². The fourth-order valence-electron chi connectivity index (χ4n) is 1.82. The highest BCUT2D eigenvalue weighted by Crippen LogP contribution is 2.23. The Morgan fingerprint density at radius 3 is 2.55 bits per heavy atom. The average molecular weight is 296 g/mol. The van der Waals surface area contributed by atoms with Crippen molar-refractivity contribution in [2.24, 2.45) is 5.14 Å². The molecule has 0 saturated carbocycles. The second-order valence-corrected chi connectivity index (χ2v) is 6.15. The molecule has 0 radical (unpaired) electrons. The Morgan fingerprint density at radius 1 is 1.30 bits per heavy atom. The average Bonchev–Trinajstić information content (AvgIpc) is 2.72. The highest BCUT2D eigenvalue weighted by atomic mass is 32.2. The normalized spacial score (nSPS) is 11.6. The molecular formula is C12H16N4O3S. The van der Waals surface area contributed by atoms with Crippen molar-refractivity contribution in [1.29, 1.82) is 0 Å². The van der Waals surface area contributed by atoms with Crippen LogP contribution < -0.4 is 15.8 Å². The summed E-state index contributed by atoms with van der Waals surface area (Å²) in [7, 11) is -1.99. The summed E-state index contributed by atoms with van der Waals surface area (Å²) in [6.45, 7) is 2.26. The van der Waals surface area contributed by atoms with E-state index in [2.05, 4.69) is 5.16 Å². The minimum absolute atomic E-state index is 0.0179. The highest BCUT2D eigenvalue weighted by Gasteiger charge is 2.13. The van der Waals surface area contributed by atoms with E-state index in [0.29, 0.717) is 23.7 Å². The van der Waals surface area contributed by atoms with Gasteiger partial charge in [0.15, 0.2) is 0 Å². The molecule has 0 bridgehead atoms. The van der Waals surface area contributed by atoms with Crippen molar-refractivity contribution in [1.82, 2.24) is 5.16 Å². The number of nitrogen functional groups attached to an aromatic ring is 1. The van der Waals surface area contributed by atoms with Gasteiger partial charge >= 0.3 is 0 Å². The SMILES string of the molecule is Cc1cc(CN(C)c2cc(N)cc(S(N)(=O)=O)c2)no1. The summed E-state index contributed by atoms with van der Waals surface area (Å²) in [4.78, 5) is 1.79. The Hall–Kier alpha value is -2.06. The molecule has 0 spiro atoms. The van der Waals surface area contributed by atoms with E-state index in [9.17, 15) is 8.42 Å². The number of aryl methyl sites for hydroxylation is 1. The first-order chi connectivity index (χ1) is 9.25. The minimum atomic E-state index is -3.79. The topological polar surface area (TPSA) is 115 Å². The molecule has 0 unspecified atom stereocenters. The second-order valence-electron chi connectivity index (χ2n) is 4.59. The standard InChI is InChI=1S/C12H16N4O3S/c1-8-3-10(15-19-8)7-16(2)11-4-9(13)5-12(6-11)20(14,17)18/h3-6H,7,13H2,1-2H3,(H2,14,17,18). The number of nitrogens with two attached hydrogens (primary N) is 2. The quantitative estimate of drug-likeness (QED) is 0.808. The summed E-state index contributed by atoms with van der Waals surface area (Å²) in [6, 6.07) is 6.27. The summed E-state index contributed by atoms with van der Waals surface area (Å²) in [5.74, 6) is 0.714. The zero-order chi connectivity index (χ0) is 14.9. The first-order valence-corrected chi connectivity index (χ1v) is 7.37. The van der Waals surface area contributed by atoms with Gasteiger partial charge in [0.1, 0.15) is 11.5 Å². The van der Waals surface area contributed by atoms with Crippen molar-refractivity contribution >= 4 is 21.4 Å². The van der Waals surface area contributed by atoms with Gasteiger partial charge in [-0.05, 0) is 25.1 Å². The minimum Gasteiger partial charge on any atom is -0.399 e. The van der Waals surface area contributed by atoms with Crippen LogP contribution >= 0.6 is 0 Å². The monoisotopic (exact) mass is 296 g/mol. The zero-order valence-corrected chi connectivity index (χ0v) is 12.0. The summed E-state index contributed by atoms with van der Waals surface area (Å²) in [6.07, 6.45) is 0. The molecule has 0 aliphatic rings. The summed E-state index contributed by atoms with van der Waals surface area (Å²) in [5.41, 5.74) is 7.41. The molecule has 8 heteroatoms. The number of aromatic nitrogens is 1. The lowest BCUT2D eigenvalue weighted by Gasteiger charge is -2.19. The van der Waals surface area contributed by atoms with Crippen molar-refractivity contribution < 1.29 is 12.9 Å². The van der Waals surface area contributed by atoms with Crippen molar-refractivity contribution in [2.75, 3.05) is 17.7 Å². The van der Waals surface area contributed by atoms with Crippen LogP contribution in [0.15, 0.2) is 33.7 Å². The summed E-state index contributed by atoms with van der Waals surface area (Å²) in [5, 5.41) is 9.01. The fourth-order valence-corrected chi connectivity index (χ4v) is 2.40. The van der Waals surface area contributed by atoms with Crippen LogP contribution in [0.25, 0.3) is 0 Å². The summed E-state index contributed by atoms with van der Waals surface area (Å²) < 4.78 is 27.8. The van der Waals surface area contributed by atoms with Gasteiger partial charge in [-0.15, -0.1) is 0 Å². The number of nitrogens with zero attached hydrogens (tertiary/aromatic N) is 2. The second kappa shape index (κ2) is 5.14. The van der Waals surface area contributed by atoms with E-state index >= 15 is 0 Å². The maximum absolute atomic E-state index is 11.4. The molecule has 2 rings (SSSR count). The Bertz CT molecular complexity index is 724. The van der Waals surface area contributed by atoms with Gasteiger partial charge in [0.25, 0.3) is 0 Å². The van der Waals surface area contributed by atoms with Gasteiger partial charge in [-0.2, -0.15) is 0 Å². The number of hydrogen-bond donors (Lipinski definition) is 2. The van der Waals surface area contributed by atoms with Crippen molar-refractivity contribution in [2.45, 2.75) is 18.4 Å². The third kappa shape index (κ3) is 3.28. The molecular weight excluding hydrogens is 280 g/mol. The number of hydrogen-bond acceptors (Lipinski definition) is 6. The van der Waals surface area contributed by atoms with E-state index in [-0.39, 0.29) is 4.90 Å². The molecule has 0 fully saturated rings. The number of sulfonamides is 1. The summed E-state index contributed by atoms with van der Waals surface area (Å²) >= 11 is 0. The lowest BCUT2D eigenvalue weighted by molar-refractivity contribution is 0.390. The smallest absolute Gasteiger partial charge is 0.238 e. The molecule has 0 atom stereocenters. The number of benzene rings is 1. The Morgan fingerprint density at radius 2 is 2.00 bits per heavy atom. The van der Waals surface area contributed by atoms with E-state index in [4.69, 9.17) is 15.4 Å². The third-order valence-corrected chi connectivity index (χ3v) is 3.65. The lowest BCUT2D eigenvalue weighted by Crippen LogP contribution is -2.18. The molecule has 0 aliphatic carbocycles. The van der Waals surface area contributed by atoms with Gasteiger partial charge in [-0.25, -0.2) is 13.6 Å². The zero-order valence-electron chi connectivity index (χ0n) is 11.2. The molecule has 108 valence electrons. The maximum Gasteiger partial charge on any atom is 0.238 e. The van der Waals surface area contributed by atoms with Crippen LogP contribution in [0.4, 0.5) is 11.4 Å². The van der Waals surface area contributed by atoms with Crippen LogP contribution in [0.2, 0.25) is 0 Å². The largest absolute Gasteiger partial charge is 0.399 e. The Kier molecular flexibility index (Phi) is 3.69. The predicted molar refractivity (Wildman–Crippen MR) is 75.6 cm³/mol. The van der Waals surface area contributed by atoms with Crippen LogP contribution in [-0.4, -0.2) is 20.6 Å². The van der Waals surface area contributed by atoms with Gasteiger partial charge in [0, 0.05) is 24.5 Å². The fraction of sp³-hybridized carbons (Fsp3) is 0.250. The van der Waals surface area contributed by atoms with Crippen LogP contribution in [-0.2, 0) is 16.6 Å². The molecule has 1 aromatic carbocycles. The molecule has 20 heavy (non-hydrogen) atoms. The number of primary sulfonamides is 1. The van der Waals surface area contributed by atoms with Gasteiger partial charge in [-0.1, -0.05) is 5.16 Å². The molecule has 4 N–H and O–H groups in total. The van der Waals surface area contributed by atoms with E-state index in [0.717, 1.165) is 5.69 Å².